The zero-order valence-corrected chi connectivity index (χ0v) is 17.3. The molecule has 27 heavy (non-hydrogen) atoms. The van der Waals surface area contributed by atoms with Crippen molar-refractivity contribution < 1.29 is 9.47 Å². The van der Waals surface area contributed by atoms with Gasteiger partial charge in [0, 0.05) is 47.7 Å². The van der Waals surface area contributed by atoms with Gasteiger partial charge in [-0.3, -0.25) is 4.99 Å². The maximum absolute atomic E-state index is 6.31. The summed E-state index contributed by atoms with van der Waals surface area (Å²) in [5, 5.41) is 9.68. The lowest BCUT2D eigenvalue weighted by Crippen LogP contribution is -2.48. The first kappa shape index (κ1) is 20.0. The smallest absolute Gasteiger partial charge is 0.191 e. The number of halogens is 1. The van der Waals surface area contributed by atoms with Gasteiger partial charge in [0.05, 0.1) is 13.7 Å². The molecular weight excluding hydrogens is 382 g/mol. The van der Waals surface area contributed by atoms with Crippen LogP contribution in [0.4, 0.5) is 0 Å². The highest BCUT2D eigenvalue weighted by atomic mass is 35.5. The molecule has 1 saturated heterocycles. The van der Waals surface area contributed by atoms with Crippen molar-refractivity contribution in [1.29, 1.82) is 0 Å². The van der Waals surface area contributed by atoms with E-state index in [9.17, 15) is 0 Å². The molecule has 0 saturated carbocycles. The van der Waals surface area contributed by atoms with Crippen LogP contribution in [0.25, 0.3) is 0 Å². The Hall–Kier alpha value is -1.76. The molecule has 7 heteroatoms. The number of ether oxygens (including phenoxy) is 2. The van der Waals surface area contributed by atoms with Crippen LogP contribution in [-0.2, 0) is 16.7 Å². The van der Waals surface area contributed by atoms with Crippen LogP contribution in [0, 0.1) is 0 Å². The van der Waals surface area contributed by atoms with Crippen LogP contribution >= 0.6 is 22.9 Å². The fourth-order valence-corrected chi connectivity index (χ4v) is 4.27. The molecule has 2 heterocycles. The van der Waals surface area contributed by atoms with Gasteiger partial charge < -0.3 is 20.1 Å². The number of guanidine groups is 1. The Morgan fingerprint density at radius 1 is 1.30 bits per heavy atom. The van der Waals surface area contributed by atoms with Crippen LogP contribution in [0.15, 0.2) is 40.7 Å². The van der Waals surface area contributed by atoms with Crippen molar-refractivity contribution in [2.75, 3.05) is 33.9 Å². The van der Waals surface area contributed by atoms with E-state index in [4.69, 9.17) is 21.1 Å². The first-order valence-electron chi connectivity index (χ1n) is 9.05. The van der Waals surface area contributed by atoms with Crippen molar-refractivity contribution in [1.82, 2.24) is 10.6 Å². The van der Waals surface area contributed by atoms with Gasteiger partial charge in [0.1, 0.15) is 5.75 Å². The minimum absolute atomic E-state index is 0.116. The molecule has 0 spiro atoms. The van der Waals surface area contributed by atoms with Gasteiger partial charge in [-0.15, -0.1) is 11.3 Å². The van der Waals surface area contributed by atoms with Crippen LogP contribution < -0.4 is 15.4 Å². The third-order valence-electron chi connectivity index (χ3n) is 5.01. The van der Waals surface area contributed by atoms with Crippen LogP contribution in [0.3, 0.4) is 0 Å². The number of hydrogen-bond acceptors (Lipinski definition) is 4. The van der Waals surface area contributed by atoms with Crippen molar-refractivity contribution in [2.45, 2.75) is 24.8 Å². The van der Waals surface area contributed by atoms with E-state index < -0.39 is 0 Å². The van der Waals surface area contributed by atoms with Crippen LogP contribution in [0.2, 0.25) is 5.02 Å². The zero-order chi connectivity index (χ0) is 19.1. The largest absolute Gasteiger partial charge is 0.496 e. The summed E-state index contributed by atoms with van der Waals surface area (Å²) >= 11 is 8.04. The second-order valence-corrected chi connectivity index (χ2v) is 8.06. The molecule has 0 aliphatic carbocycles. The molecule has 5 nitrogen and oxygen atoms in total. The van der Waals surface area contributed by atoms with E-state index in [1.54, 1.807) is 25.5 Å². The standard InChI is InChI=1S/C20H26ClN3O2S/c1-22-19(23-13-16-4-3-11-27-16)24-14-20(7-9-26-10-8-20)17-12-15(21)5-6-18(17)25-2/h3-6,11-12H,7-10,13-14H2,1-2H3,(H2,22,23,24). The van der Waals surface area contributed by atoms with Gasteiger partial charge in [-0.05, 0) is 42.5 Å². The van der Waals surface area contributed by atoms with E-state index in [1.807, 2.05) is 18.2 Å². The maximum Gasteiger partial charge on any atom is 0.191 e. The summed E-state index contributed by atoms with van der Waals surface area (Å²) in [7, 11) is 3.50. The number of benzene rings is 1. The summed E-state index contributed by atoms with van der Waals surface area (Å²) in [6.07, 6.45) is 1.80. The van der Waals surface area contributed by atoms with E-state index in [2.05, 4.69) is 33.1 Å². The fraction of sp³-hybridized carbons (Fsp3) is 0.450. The van der Waals surface area contributed by atoms with Crippen molar-refractivity contribution in [3.05, 3.63) is 51.2 Å². The zero-order valence-electron chi connectivity index (χ0n) is 15.8. The molecule has 0 atom stereocenters. The summed E-state index contributed by atoms with van der Waals surface area (Å²) in [5.74, 6) is 1.65. The average Bonchev–Trinajstić information content (AvgIpc) is 3.22. The van der Waals surface area contributed by atoms with Crippen molar-refractivity contribution in [3.63, 3.8) is 0 Å². The fourth-order valence-electron chi connectivity index (χ4n) is 3.46. The van der Waals surface area contributed by atoms with Gasteiger partial charge in [0.25, 0.3) is 0 Å². The number of aliphatic imine (C=N–C) groups is 1. The predicted molar refractivity (Wildman–Crippen MR) is 112 cm³/mol. The van der Waals surface area contributed by atoms with Gasteiger partial charge in [0.15, 0.2) is 5.96 Å². The monoisotopic (exact) mass is 407 g/mol. The van der Waals surface area contributed by atoms with Gasteiger partial charge in [0.2, 0.25) is 0 Å². The average molecular weight is 408 g/mol. The third-order valence-corrected chi connectivity index (χ3v) is 6.12. The van der Waals surface area contributed by atoms with Crippen LogP contribution in [0.1, 0.15) is 23.3 Å². The molecule has 1 aliphatic heterocycles. The Morgan fingerprint density at radius 2 is 2.11 bits per heavy atom. The minimum Gasteiger partial charge on any atom is -0.496 e. The maximum atomic E-state index is 6.31. The predicted octanol–water partition coefficient (Wildman–Crippen LogP) is 3.82. The quantitative estimate of drug-likeness (QED) is 0.564. The Morgan fingerprint density at radius 3 is 2.78 bits per heavy atom. The topological polar surface area (TPSA) is 54.9 Å². The van der Waals surface area contributed by atoms with Gasteiger partial charge in [-0.1, -0.05) is 17.7 Å². The molecule has 0 amide bonds. The highest BCUT2D eigenvalue weighted by molar-refractivity contribution is 7.09. The second-order valence-electron chi connectivity index (χ2n) is 6.60. The molecule has 146 valence electrons. The molecule has 2 aromatic rings. The molecule has 1 aromatic carbocycles. The van der Waals surface area contributed by atoms with E-state index in [1.165, 1.54) is 4.88 Å². The summed E-state index contributed by atoms with van der Waals surface area (Å²) in [4.78, 5) is 5.64. The van der Waals surface area contributed by atoms with Gasteiger partial charge in [-0.2, -0.15) is 0 Å². The summed E-state index contributed by atoms with van der Waals surface area (Å²) < 4.78 is 11.3. The number of nitrogens with one attached hydrogen (secondary N) is 2. The lowest BCUT2D eigenvalue weighted by molar-refractivity contribution is 0.0505. The van der Waals surface area contributed by atoms with Gasteiger partial charge in [-0.25, -0.2) is 0 Å². The first-order valence-corrected chi connectivity index (χ1v) is 10.3. The molecule has 0 radical (unpaired) electrons. The molecule has 3 rings (SSSR count). The molecule has 1 fully saturated rings. The molecule has 0 unspecified atom stereocenters. The molecule has 1 aromatic heterocycles. The molecule has 0 bridgehead atoms. The number of nitrogens with zero attached hydrogens (tertiary/aromatic N) is 1. The second kappa shape index (κ2) is 9.44. The summed E-state index contributed by atoms with van der Waals surface area (Å²) in [6.45, 7) is 2.93. The molecular formula is C20H26ClN3O2S. The normalized spacial score (nSPS) is 16.8. The minimum atomic E-state index is -0.116. The Kier molecular flexibility index (Phi) is 6.99. The Balaban J connectivity index is 1.76. The number of rotatable bonds is 6. The lowest BCUT2D eigenvalue weighted by atomic mass is 9.73. The van der Waals surface area contributed by atoms with E-state index >= 15 is 0 Å². The van der Waals surface area contributed by atoms with Crippen LogP contribution in [0.5, 0.6) is 5.75 Å². The first-order chi connectivity index (χ1) is 13.2. The van der Waals surface area contributed by atoms with Gasteiger partial charge >= 0.3 is 0 Å². The Bertz CT molecular complexity index is 759. The molecule has 2 N–H and O–H groups in total. The van der Waals surface area contributed by atoms with Crippen molar-refractivity contribution in [2.24, 2.45) is 4.99 Å². The number of thiophene rings is 1. The number of methoxy groups -OCH3 is 1. The highest BCUT2D eigenvalue weighted by Crippen LogP contribution is 2.40. The van der Waals surface area contributed by atoms with Crippen molar-refractivity contribution >= 4 is 28.9 Å². The SMILES string of the molecule is CN=C(NCc1cccs1)NCC1(c2cc(Cl)ccc2OC)CCOCC1. The van der Waals surface area contributed by atoms with E-state index in [0.717, 1.165) is 61.4 Å². The summed E-state index contributed by atoms with van der Waals surface area (Å²) in [5.41, 5.74) is 1.01. The van der Waals surface area contributed by atoms with E-state index in [0.29, 0.717) is 0 Å². The highest BCUT2D eigenvalue weighted by Gasteiger charge is 2.37. The van der Waals surface area contributed by atoms with E-state index in [-0.39, 0.29) is 5.41 Å². The summed E-state index contributed by atoms with van der Waals surface area (Å²) in [6, 6.07) is 10.0. The van der Waals surface area contributed by atoms with Crippen LogP contribution in [-0.4, -0.2) is 39.9 Å². The third kappa shape index (κ3) is 4.94. The van der Waals surface area contributed by atoms with Crippen molar-refractivity contribution in [3.8, 4) is 5.75 Å². The number of hydrogen-bond donors (Lipinski definition) is 2. The Labute approximate surface area is 169 Å². The lowest BCUT2D eigenvalue weighted by Gasteiger charge is -2.39. The molecule has 1 aliphatic rings.